The van der Waals surface area contributed by atoms with Gasteiger partial charge in [-0.2, -0.15) is 8.62 Å². The molecular weight excluding hydrogens is 645 g/mol. The molecule has 1 aliphatic heterocycles. The van der Waals surface area contributed by atoms with E-state index in [1.807, 2.05) is 20.8 Å². The lowest BCUT2D eigenvalue weighted by Gasteiger charge is -2.21. The van der Waals surface area contributed by atoms with Gasteiger partial charge in [0.1, 0.15) is 25.0 Å². The lowest BCUT2D eigenvalue weighted by molar-refractivity contribution is -0.0559. The SMILES string of the molecule is Cc1cn([C@H]2C[C@@H](OC(=O)OCCSSC(C)(C)C)C(COP(=O)(O)OP(=O)(O)OP(=O)(O)O)O2)c(=O)[nH]c1=O. The third kappa shape index (κ3) is 12.5. The van der Waals surface area contributed by atoms with Gasteiger partial charge in [-0.3, -0.25) is 18.9 Å². The monoisotopic (exact) mass is 674 g/mol. The second kappa shape index (κ2) is 14.0. The molecule has 1 aliphatic rings. The summed E-state index contributed by atoms with van der Waals surface area (Å²) >= 11 is 0. The van der Waals surface area contributed by atoms with Crippen molar-refractivity contribution in [3.8, 4) is 0 Å². The minimum atomic E-state index is -5.77. The molecule has 0 saturated carbocycles. The maximum absolute atomic E-state index is 12.3. The van der Waals surface area contributed by atoms with Crippen molar-refractivity contribution in [3.63, 3.8) is 0 Å². The number of H-pyrrole nitrogens is 1. The first-order valence-corrected chi connectivity index (χ1v) is 17.9. The van der Waals surface area contributed by atoms with Crippen molar-refractivity contribution in [2.24, 2.45) is 0 Å². The number of hydrogen-bond donors (Lipinski definition) is 5. The van der Waals surface area contributed by atoms with Gasteiger partial charge in [0.2, 0.25) is 0 Å². The van der Waals surface area contributed by atoms with Crippen LogP contribution < -0.4 is 11.2 Å². The summed E-state index contributed by atoms with van der Waals surface area (Å²) in [5.41, 5.74) is -1.38. The minimum absolute atomic E-state index is 0.0195. The van der Waals surface area contributed by atoms with Crippen LogP contribution in [0.15, 0.2) is 15.8 Å². The molecule has 3 unspecified atom stereocenters. The summed E-state index contributed by atoms with van der Waals surface area (Å²) in [5, 5.41) is 0. The molecule has 1 aromatic heterocycles. The summed E-state index contributed by atoms with van der Waals surface area (Å²) in [6.07, 6.45) is -4.01. The molecule has 18 nitrogen and oxygen atoms in total. The van der Waals surface area contributed by atoms with Gasteiger partial charge in [0, 0.05) is 28.7 Å². The van der Waals surface area contributed by atoms with Crippen LogP contribution in [0.25, 0.3) is 0 Å². The van der Waals surface area contributed by atoms with Crippen LogP contribution in [0, 0.1) is 6.92 Å². The maximum Gasteiger partial charge on any atom is 0.508 e. The number of rotatable bonds is 13. The van der Waals surface area contributed by atoms with Crippen LogP contribution in [-0.2, 0) is 41.1 Å². The van der Waals surface area contributed by atoms with Gasteiger partial charge in [-0.05, 0) is 6.92 Å². The molecule has 1 aromatic rings. The Hall–Kier alpha value is -0.980. The molecule has 0 amide bonds. The molecule has 2 rings (SSSR count). The van der Waals surface area contributed by atoms with Crippen LogP contribution in [0.5, 0.6) is 0 Å². The first-order chi connectivity index (χ1) is 18.2. The van der Waals surface area contributed by atoms with Crippen LogP contribution in [0.3, 0.4) is 0 Å². The standard InChI is InChI=1S/C17H29N2O16P3S2/c1-10-8-19(15(21)18-14(10)20)13-7-11(33-16(22)30-5-6-39-40-17(2,3)4)12(32-13)9-31-37(26,27)35-38(28,29)34-36(23,24)25/h8,11-13H,5-7,9H2,1-4H3,(H,26,27)(H,28,29)(H,18,20,21)(H2,23,24,25)/t11-,12?,13-/m1/s1. The summed E-state index contributed by atoms with van der Waals surface area (Å²) < 4.78 is 63.2. The molecule has 5 atom stereocenters. The van der Waals surface area contributed by atoms with Crippen LogP contribution in [-0.4, -0.2) is 71.2 Å². The van der Waals surface area contributed by atoms with E-state index in [9.17, 15) is 37.9 Å². The smallest absolute Gasteiger partial charge is 0.433 e. The normalized spacial score (nSPS) is 22.9. The number of carbonyl (C=O) groups is 1. The van der Waals surface area contributed by atoms with Gasteiger partial charge >= 0.3 is 35.3 Å². The zero-order chi connectivity index (χ0) is 30.5. The fourth-order valence-corrected chi connectivity index (χ4v) is 8.08. The zero-order valence-corrected chi connectivity index (χ0v) is 25.7. The van der Waals surface area contributed by atoms with Gasteiger partial charge in [0.25, 0.3) is 5.56 Å². The van der Waals surface area contributed by atoms with Gasteiger partial charge in [0.15, 0.2) is 0 Å². The Morgan fingerprint density at radius 1 is 1.15 bits per heavy atom. The Bertz CT molecular complexity index is 1310. The summed E-state index contributed by atoms with van der Waals surface area (Å²) in [6.45, 7) is 6.47. The number of aryl methyl sites for hydroxylation is 1. The molecule has 0 bridgehead atoms. The van der Waals surface area contributed by atoms with E-state index in [1.54, 1.807) is 10.8 Å². The van der Waals surface area contributed by atoms with Gasteiger partial charge in [0.05, 0.1) is 6.61 Å². The average Bonchev–Trinajstić information content (AvgIpc) is 3.13. The highest BCUT2D eigenvalue weighted by atomic mass is 33.1. The van der Waals surface area contributed by atoms with Gasteiger partial charge < -0.3 is 33.8 Å². The highest BCUT2D eigenvalue weighted by Crippen LogP contribution is 2.66. The van der Waals surface area contributed by atoms with E-state index in [2.05, 4.69) is 18.1 Å². The Labute approximate surface area is 234 Å². The molecule has 0 aliphatic carbocycles. The highest BCUT2D eigenvalue weighted by Gasteiger charge is 2.44. The fraction of sp³-hybridized carbons (Fsp3) is 0.706. The number of aromatic nitrogens is 2. The van der Waals surface area contributed by atoms with E-state index in [0.29, 0.717) is 5.75 Å². The molecule has 2 heterocycles. The molecule has 0 spiro atoms. The predicted octanol–water partition coefficient (Wildman–Crippen LogP) is 2.18. The van der Waals surface area contributed by atoms with Crippen LogP contribution >= 0.6 is 45.1 Å². The van der Waals surface area contributed by atoms with Gasteiger partial charge in [-0.15, -0.1) is 0 Å². The van der Waals surface area contributed by atoms with Gasteiger partial charge in [-0.25, -0.2) is 23.3 Å². The average molecular weight is 674 g/mol. The van der Waals surface area contributed by atoms with Crippen molar-refractivity contribution in [2.45, 2.75) is 57.3 Å². The Kier molecular flexibility index (Phi) is 12.3. The first-order valence-electron chi connectivity index (χ1n) is 11.1. The number of phosphoric ester groups is 1. The molecular formula is C17H29N2O16P3S2. The number of phosphoric acid groups is 3. The van der Waals surface area contributed by atoms with Crippen LogP contribution in [0.2, 0.25) is 0 Å². The Morgan fingerprint density at radius 2 is 1.80 bits per heavy atom. The number of carbonyl (C=O) groups excluding carboxylic acids is 1. The molecule has 5 N–H and O–H groups in total. The van der Waals surface area contributed by atoms with Crippen molar-refractivity contribution in [1.82, 2.24) is 9.55 Å². The summed E-state index contributed by atoms with van der Waals surface area (Å²) in [6, 6.07) is 0. The quantitative estimate of drug-likeness (QED) is 0.0869. The van der Waals surface area contributed by atoms with E-state index in [0.717, 1.165) is 4.57 Å². The molecule has 1 fully saturated rings. The van der Waals surface area contributed by atoms with Crippen molar-refractivity contribution >= 4 is 51.2 Å². The van der Waals surface area contributed by atoms with E-state index in [1.165, 1.54) is 23.9 Å². The largest absolute Gasteiger partial charge is 0.508 e. The van der Waals surface area contributed by atoms with Crippen molar-refractivity contribution < 1.29 is 65.4 Å². The molecule has 0 aromatic carbocycles. The minimum Gasteiger partial charge on any atom is -0.433 e. The number of nitrogens with zero attached hydrogens (tertiary/aromatic N) is 1. The van der Waals surface area contributed by atoms with Crippen molar-refractivity contribution in [3.05, 3.63) is 32.6 Å². The van der Waals surface area contributed by atoms with E-state index >= 15 is 0 Å². The second-order valence-corrected chi connectivity index (χ2v) is 16.7. The van der Waals surface area contributed by atoms with Crippen LogP contribution in [0.1, 0.15) is 39.0 Å². The predicted molar refractivity (Wildman–Crippen MR) is 140 cm³/mol. The summed E-state index contributed by atoms with van der Waals surface area (Å²) in [5.74, 6) is 0.433. The molecule has 1 saturated heterocycles. The second-order valence-electron chi connectivity index (χ2n) is 9.00. The third-order valence-electron chi connectivity index (χ3n) is 4.40. The molecule has 230 valence electrons. The molecule has 40 heavy (non-hydrogen) atoms. The number of hydrogen-bond acceptors (Lipinski definition) is 14. The first kappa shape index (κ1) is 35.2. The number of ether oxygens (including phenoxy) is 3. The van der Waals surface area contributed by atoms with Crippen molar-refractivity contribution in [1.29, 1.82) is 0 Å². The van der Waals surface area contributed by atoms with Gasteiger partial charge in [-0.1, -0.05) is 42.4 Å². The fourth-order valence-electron chi connectivity index (χ4n) is 2.95. The molecule has 0 radical (unpaired) electrons. The lowest BCUT2D eigenvalue weighted by atomic mass is 10.2. The lowest BCUT2D eigenvalue weighted by Crippen LogP contribution is -2.33. The third-order valence-corrected chi connectivity index (χ3v) is 11.5. The highest BCUT2D eigenvalue weighted by molar-refractivity contribution is 8.77. The zero-order valence-electron chi connectivity index (χ0n) is 21.4. The Morgan fingerprint density at radius 3 is 2.40 bits per heavy atom. The van der Waals surface area contributed by atoms with E-state index < -0.39 is 65.9 Å². The maximum atomic E-state index is 12.3. The Balaban J connectivity index is 2.11. The molecule has 23 heteroatoms. The van der Waals surface area contributed by atoms with Crippen molar-refractivity contribution in [2.75, 3.05) is 19.0 Å². The van der Waals surface area contributed by atoms with Crippen LogP contribution in [0.4, 0.5) is 4.79 Å². The summed E-state index contributed by atoms with van der Waals surface area (Å²) in [4.78, 5) is 74.6. The number of nitrogens with one attached hydrogen (secondary N) is 1. The van der Waals surface area contributed by atoms with E-state index in [-0.39, 0.29) is 23.3 Å². The number of aromatic amines is 1. The topological polar surface area (TPSA) is 259 Å². The summed E-state index contributed by atoms with van der Waals surface area (Å²) in [7, 11) is -13.9. The van der Waals surface area contributed by atoms with E-state index in [4.69, 9.17) is 24.0 Å².